The average molecular weight is 335 g/mol. The Bertz CT molecular complexity index is 450. The molecule has 0 unspecified atom stereocenters. The fourth-order valence-electron chi connectivity index (χ4n) is 3.47. The molecule has 1 aliphatic rings. The van der Waals surface area contributed by atoms with Crippen molar-refractivity contribution in [1.29, 1.82) is 0 Å². The first kappa shape index (κ1) is 18.9. The van der Waals surface area contributed by atoms with E-state index in [-0.39, 0.29) is 0 Å². The van der Waals surface area contributed by atoms with Gasteiger partial charge >= 0.3 is 0 Å². The van der Waals surface area contributed by atoms with Crippen LogP contribution in [0.4, 0.5) is 0 Å². The zero-order valence-electron chi connectivity index (χ0n) is 15.3. The van der Waals surface area contributed by atoms with Crippen molar-refractivity contribution in [2.45, 2.75) is 77.1 Å². The van der Waals surface area contributed by atoms with E-state index in [0.717, 1.165) is 22.6 Å². The van der Waals surface area contributed by atoms with Crippen LogP contribution in [0.25, 0.3) is 0 Å². The summed E-state index contributed by atoms with van der Waals surface area (Å²) in [6.07, 6.45) is 8.22. The molecular formula is C21H34OS. The molecule has 1 aromatic rings. The van der Waals surface area contributed by atoms with E-state index in [1.807, 2.05) is 13.8 Å². The molecule has 2 rings (SSSR count). The molecule has 1 aliphatic carbocycles. The first-order chi connectivity index (χ1) is 10.8. The minimum absolute atomic E-state index is 0.731. The zero-order valence-corrected chi connectivity index (χ0v) is 16.2. The third kappa shape index (κ3) is 6.51. The smallest absolute Gasteiger partial charge is 0.0840 e. The largest absolute Gasteiger partial charge is 0.386 e. The summed E-state index contributed by atoms with van der Waals surface area (Å²) in [6, 6.07) is 8.54. The van der Waals surface area contributed by atoms with Crippen molar-refractivity contribution in [2.24, 2.45) is 11.8 Å². The first-order valence-electron chi connectivity index (χ1n) is 9.28. The topological polar surface area (TPSA) is 20.2 Å². The Kier molecular flexibility index (Phi) is 7.03. The Balaban J connectivity index is 1.71. The summed E-state index contributed by atoms with van der Waals surface area (Å²) in [4.78, 5) is 0. The fourth-order valence-corrected chi connectivity index (χ4v) is 4.46. The molecule has 1 saturated carbocycles. The van der Waals surface area contributed by atoms with Crippen LogP contribution in [0.2, 0.25) is 0 Å². The molecule has 1 fully saturated rings. The van der Waals surface area contributed by atoms with Crippen molar-refractivity contribution in [3.05, 3.63) is 35.4 Å². The summed E-state index contributed by atoms with van der Waals surface area (Å²) < 4.78 is 0. The lowest BCUT2D eigenvalue weighted by Gasteiger charge is -2.28. The monoisotopic (exact) mass is 334 g/mol. The van der Waals surface area contributed by atoms with E-state index in [1.165, 1.54) is 49.8 Å². The molecule has 0 atom stereocenters. The van der Waals surface area contributed by atoms with Gasteiger partial charge in [-0.2, -0.15) is 11.8 Å². The molecule has 0 amide bonds. The summed E-state index contributed by atoms with van der Waals surface area (Å²) in [5, 5.41) is 10.8. The van der Waals surface area contributed by atoms with Crippen LogP contribution in [0.5, 0.6) is 0 Å². The molecule has 1 N–H and O–H groups in total. The normalized spacial score (nSPS) is 22.5. The summed E-state index contributed by atoms with van der Waals surface area (Å²) in [7, 11) is 0. The molecule has 0 spiro atoms. The van der Waals surface area contributed by atoms with E-state index in [4.69, 9.17) is 0 Å². The highest BCUT2D eigenvalue weighted by Crippen LogP contribution is 2.34. The van der Waals surface area contributed by atoms with Gasteiger partial charge in [-0.25, -0.2) is 0 Å². The SMILES string of the molecule is CC(C)SCC1CCC(CCc2ccc(C(C)(C)O)cc2)CC1. The number of benzene rings is 1. The minimum Gasteiger partial charge on any atom is -0.386 e. The van der Waals surface area contributed by atoms with E-state index >= 15 is 0 Å². The third-order valence-electron chi connectivity index (χ3n) is 5.13. The Morgan fingerprint density at radius 2 is 1.61 bits per heavy atom. The maximum atomic E-state index is 10.0. The number of aliphatic hydroxyl groups is 1. The standard InChI is InChI=1S/C21H34OS/c1-16(2)23-15-19-9-7-17(8-10-19)5-6-18-11-13-20(14-12-18)21(3,4)22/h11-14,16-17,19,22H,5-10,15H2,1-4H3. The predicted molar refractivity (Wildman–Crippen MR) is 103 cm³/mol. The zero-order chi connectivity index (χ0) is 16.9. The van der Waals surface area contributed by atoms with Crippen molar-refractivity contribution < 1.29 is 5.11 Å². The highest BCUT2D eigenvalue weighted by molar-refractivity contribution is 7.99. The van der Waals surface area contributed by atoms with Crippen molar-refractivity contribution in [1.82, 2.24) is 0 Å². The van der Waals surface area contributed by atoms with E-state index in [0.29, 0.717) is 0 Å². The van der Waals surface area contributed by atoms with Gasteiger partial charge in [-0.15, -0.1) is 0 Å². The molecule has 0 radical (unpaired) electrons. The number of hydrogen-bond acceptors (Lipinski definition) is 2. The van der Waals surface area contributed by atoms with E-state index in [9.17, 15) is 5.11 Å². The number of rotatable bonds is 7. The Labute approximate surface area is 147 Å². The Morgan fingerprint density at radius 1 is 1.04 bits per heavy atom. The second-order valence-electron chi connectivity index (χ2n) is 8.06. The van der Waals surface area contributed by atoms with Crippen LogP contribution in [-0.4, -0.2) is 16.1 Å². The van der Waals surface area contributed by atoms with Gasteiger partial charge in [-0.05, 0) is 73.5 Å². The van der Waals surface area contributed by atoms with Crippen molar-refractivity contribution in [3.63, 3.8) is 0 Å². The van der Waals surface area contributed by atoms with Crippen LogP contribution in [0.15, 0.2) is 24.3 Å². The molecule has 0 bridgehead atoms. The van der Waals surface area contributed by atoms with Crippen LogP contribution in [0, 0.1) is 11.8 Å². The average Bonchev–Trinajstić information content (AvgIpc) is 2.51. The summed E-state index contributed by atoms with van der Waals surface area (Å²) in [5.41, 5.74) is 1.69. The third-order valence-corrected chi connectivity index (χ3v) is 6.46. The lowest BCUT2D eigenvalue weighted by molar-refractivity contribution is 0.0786. The predicted octanol–water partition coefficient (Wildman–Crippen LogP) is 5.79. The molecule has 1 aromatic carbocycles. The van der Waals surface area contributed by atoms with E-state index < -0.39 is 5.60 Å². The highest BCUT2D eigenvalue weighted by atomic mass is 32.2. The van der Waals surface area contributed by atoms with Gasteiger partial charge in [-0.1, -0.05) is 51.0 Å². The van der Waals surface area contributed by atoms with E-state index in [2.05, 4.69) is 49.9 Å². The fraction of sp³-hybridized carbons (Fsp3) is 0.714. The summed E-state index contributed by atoms with van der Waals surface area (Å²) >= 11 is 2.13. The number of hydrogen-bond donors (Lipinski definition) is 1. The van der Waals surface area contributed by atoms with Gasteiger partial charge in [0.1, 0.15) is 0 Å². The molecule has 130 valence electrons. The van der Waals surface area contributed by atoms with Crippen LogP contribution in [0.3, 0.4) is 0 Å². The lowest BCUT2D eigenvalue weighted by atomic mass is 9.80. The van der Waals surface area contributed by atoms with Crippen molar-refractivity contribution in [2.75, 3.05) is 5.75 Å². The molecule has 2 heteroatoms. The molecule has 0 aromatic heterocycles. The van der Waals surface area contributed by atoms with Gasteiger partial charge in [-0.3, -0.25) is 0 Å². The van der Waals surface area contributed by atoms with Crippen molar-refractivity contribution >= 4 is 11.8 Å². The van der Waals surface area contributed by atoms with Crippen LogP contribution in [0.1, 0.15) is 70.9 Å². The quantitative estimate of drug-likeness (QED) is 0.680. The molecule has 0 saturated heterocycles. The molecule has 0 heterocycles. The highest BCUT2D eigenvalue weighted by Gasteiger charge is 2.21. The Morgan fingerprint density at radius 3 is 2.13 bits per heavy atom. The van der Waals surface area contributed by atoms with Gasteiger partial charge < -0.3 is 5.11 Å². The lowest BCUT2D eigenvalue weighted by Crippen LogP contribution is -2.17. The van der Waals surface area contributed by atoms with Gasteiger partial charge in [0, 0.05) is 0 Å². The van der Waals surface area contributed by atoms with Crippen LogP contribution < -0.4 is 0 Å². The number of aryl methyl sites for hydroxylation is 1. The second kappa shape index (κ2) is 8.58. The minimum atomic E-state index is -0.731. The number of thioether (sulfide) groups is 1. The molecule has 23 heavy (non-hydrogen) atoms. The van der Waals surface area contributed by atoms with Gasteiger partial charge in [0.2, 0.25) is 0 Å². The second-order valence-corrected chi connectivity index (χ2v) is 9.67. The Hall–Kier alpha value is -0.470. The molecular weight excluding hydrogens is 300 g/mol. The first-order valence-corrected chi connectivity index (χ1v) is 10.3. The summed E-state index contributed by atoms with van der Waals surface area (Å²) in [5.74, 6) is 3.25. The van der Waals surface area contributed by atoms with E-state index in [1.54, 1.807) is 0 Å². The van der Waals surface area contributed by atoms with Crippen molar-refractivity contribution in [3.8, 4) is 0 Å². The van der Waals surface area contributed by atoms with Crippen LogP contribution >= 0.6 is 11.8 Å². The maximum absolute atomic E-state index is 10.0. The van der Waals surface area contributed by atoms with Gasteiger partial charge in [0.15, 0.2) is 0 Å². The van der Waals surface area contributed by atoms with Gasteiger partial charge in [0.05, 0.1) is 5.60 Å². The maximum Gasteiger partial charge on any atom is 0.0840 e. The molecule has 0 aliphatic heterocycles. The molecule has 1 nitrogen and oxygen atoms in total. The van der Waals surface area contributed by atoms with Gasteiger partial charge in [0.25, 0.3) is 0 Å². The summed E-state index contributed by atoms with van der Waals surface area (Å²) in [6.45, 7) is 8.30. The van der Waals surface area contributed by atoms with Crippen LogP contribution in [-0.2, 0) is 12.0 Å².